The molecule has 1 aromatic carbocycles. The Kier molecular flexibility index (Phi) is 4.53. The number of anilines is 2. The first-order chi connectivity index (χ1) is 8.66. The van der Waals surface area contributed by atoms with E-state index in [0.717, 1.165) is 29.5 Å². The van der Waals surface area contributed by atoms with Crippen LogP contribution >= 0.6 is 15.9 Å². The van der Waals surface area contributed by atoms with E-state index in [1.807, 2.05) is 20.4 Å². The summed E-state index contributed by atoms with van der Waals surface area (Å²) in [4.78, 5) is 2.11. The zero-order chi connectivity index (χ0) is 13.0. The van der Waals surface area contributed by atoms with Crippen molar-refractivity contribution in [2.75, 3.05) is 30.9 Å². The molecule has 0 spiro atoms. The highest BCUT2D eigenvalue weighted by Gasteiger charge is 2.12. The summed E-state index contributed by atoms with van der Waals surface area (Å²) in [6.07, 6.45) is 6.33. The first-order valence-electron chi connectivity index (χ1n) is 6.18. The van der Waals surface area contributed by atoms with Gasteiger partial charge in [-0.1, -0.05) is 15.9 Å². The van der Waals surface area contributed by atoms with Gasteiger partial charge in [0.2, 0.25) is 0 Å². The summed E-state index contributed by atoms with van der Waals surface area (Å²) in [5.74, 6) is 0. The van der Waals surface area contributed by atoms with Gasteiger partial charge in [-0.05, 0) is 37.1 Å². The maximum atomic E-state index is 5.56. The minimum atomic E-state index is 0.268. The van der Waals surface area contributed by atoms with E-state index in [1.165, 1.54) is 5.69 Å². The molecule has 1 unspecified atom stereocenters. The zero-order valence-corrected chi connectivity index (χ0v) is 12.4. The van der Waals surface area contributed by atoms with E-state index < -0.39 is 0 Å². The summed E-state index contributed by atoms with van der Waals surface area (Å²) >= 11 is 3.51. The van der Waals surface area contributed by atoms with Crippen molar-refractivity contribution in [3.8, 4) is 0 Å². The van der Waals surface area contributed by atoms with E-state index in [0.29, 0.717) is 0 Å². The Morgan fingerprint density at radius 1 is 1.44 bits per heavy atom. The molecule has 3 nitrogen and oxygen atoms in total. The molecular weight excluding hydrogens is 292 g/mol. The molecular formula is C14H19BrN2O. The van der Waals surface area contributed by atoms with E-state index in [1.54, 1.807) is 0 Å². The van der Waals surface area contributed by atoms with Crippen LogP contribution in [0.4, 0.5) is 11.4 Å². The molecule has 0 amide bonds. The Morgan fingerprint density at radius 2 is 2.28 bits per heavy atom. The van der Waals surface area contributed by atoms with Crippen molar-refractivity contribution in [2.45, 2.75) is 18.9 Å². The predicted molar refractivity (Wildman–Crippen MR) is 80.2 cm³/mol. The van der Waals surface area contributed by atoms with Crippen molar-refractivity contribution in [1.82, 2.24) is 0 Å². The summed E-state index contributed by atoms with van der Waals surface area (Å²) in [6.45, 7) is 0.835. The molecule has 18 heavy (non-hydrogen) atoms. The number of benzene rings is 1. The van der Waals surface area contributed by atoms with Gasteiger partial charge in [0.05, 0.1) is 24.2 Å². The summed E-state index contributed by atoms with van der Waals surface area (Å²) in [5.41, 5.74) is 2.32. The molecule has 1 aliphatic heterocycles. The van der Waals surface area contributed by atoms with Gasteiger partial charge in [0.25, 0.3) is 0 Å². The van der Waals surface area contributed by atoms with Crippen molar-refractivity contribution in [3.05, 3.63) is 35.0 Å². The summed E-state index contributed by atoms with van der Waals surface area (Å²) in [6, 6.07) is 6.27. The number of rotatable bonds is 4. The molecule has 1 aliphatic rings. The number of nitrogens with one attached hydrogen (secondary N) is 1. The van der Waals surface area contributed by atoms with Crippen molar-refractivity contribution >= 4 is 27.3 Å². The first-order valence-corrected chi connectivity index (χ1v) is 6.97. The fourth-order valence-electron chi connectivity index (χ4n) is 2.00. The maximum Gasteiger partial charge on any atom is 0.115 e. The van der Waals surface area contributed by atoms with Gasteiger partial charge in [-0.2, -0.15) is 0 Å². The van der Waals surface area contributed by atoms with Crippen molar-refractivity contribution in [1.29, 1.82) is 0 Å². The molecule has 2 rings (SSSR count). The Bertz CT molecular complexity index is 432. The van der Waals surface area contributed by atoms with Crippen LogP contribution in [-0.2, 0) is 4.74 Å². The number of hydrogen-bond donors (Lipinski definition) is 1. The second-order valence-corrected chi connectivity index (χ2v) is 5.56. The third-order valence-electron chi connectivity index (χ3n) is 2.98. The quantitative estimate of drug-likeness (QED) is 0.919. The normalized spacial score (nSPS) is 18.3. The second-order valence-electron chi connectivity index (χ2n) is 4.64. The predicted octanol–water partition coefficient (Wildman–Crippen LogP) is 3.62. The summed E-state index contributed by atoms with van der Waals surface area (Å²) < 4.78 is 6.65. The van der Waals surface area contributed by atoms with Gasteiger partial charge in [0.1, 0.15) is 6.10 Å². The maximum absolute atomic E-state index is 5.56. The van der Waals surface area contributed by atoms with Crippen LogP contribution in [0.3, 0.4) is 0 Å². The largest absolute Gasteiger partial charge is 0.497 e. The number of ether oxygens (including phenoxy) is 1. The van der Waals surface area contributed by atoms with Gasteiger partial charge in [-0.25, -0.2) is 0 Å². The van der Waals surface area contributed by atoms with Gasteiger partial charge >= 0.3 is 0 Å². The van der Waals surface area contributed by atoms with Crippen LogP contribution in [0.25, 0.3) is 0 Å². The molecule has 1 aromatic rings. The lowest BCUT2D eigenvalue weighted by Gasteiger charge is -2.23. The van der Waals surface area contributed by atoms with Gasteiger partial charge in [0.15, 0.2) is 0 Å². The summed E-state index contributed by atoms with van der Waals surface area (Å²) in [5, 5.41) is 3.47. The Morgan fingerprint density at radius 3 is 2.94 bits per heavy atom. The van der Waals surface area contributed by atoms with Crippen molar-refractivity contribution in [3.63, 3.8) is 0 Å². The minimum Gasteiger partial charge on any atom is -0.497 e. The van der Waals surface area contributed by atoms with E-state index in [2.05, 4.69) is 50.4 Å². The molecule has 0 radical (unpaired) electrons. The SMILES string of the molecule is CN(C)c1ccc(Br)cc1NCC1CCC=CO1. The van der Waals surface area contributed by atoms with Crippen LogP contribution in [0.15, 0.2) is 35.0 Å². The third-order valence-corrected chi connectivity index (χ3v) is 3.48. The highest BCUT2D eigenvalue weighted by Crippen LogP contribution is 2.28. The number of halogens is 1. The molecule has 0 aromatic heterocycles. The van der Waals surface area contributed by atoms with E-state index in [9.17, 15) is 0 Å². The number of allylic oxidation sites excluding steroid dienone is 1. The standard InChI is InChI=1S/C14H19BrN2O/c1-17(2)14-7-6-11(15)9-13(14)16-10-12-5-3-4-8-18-12/h4,6-9,12,16H,3,5,10H2,1-2H3. The van der Waals surface area contributed by atoms with Crippen LogP contribution < -0.4 is 10.2 Å². The highest BCUT2D eigenvalue weighted by atomic mass is 79.9. The van der Waals surface area contributed by atoms with Gasteiger partial charge < -0.3 is 15.0 Å². The topological polar surface area (TPSA) is 24.5 Å². The van der Waals surface area contributed by atoms with Gasteiger partial charge in [-0.15, -0.1) is 0 Å². The average molecular weight is 311 g/mol. The van der Waals surface area contributed by atoms with Crippen LogP contribution in [0.1, 0.15) is 12.8 Å². The lowest BCUT2D eigenvalue weighted by atomic mass is 10.1. The highest BCUT2D eigenvalue weighted by molar-refractivity contribution is 9.10. The molecule has 0 fully saturated rings. The fraction of sp³-hybridized carbons (Fsp3) is 0.429. The molecule has 0 bridgehead atoms. The average Bonchev–Trinajstić information content (AvgIpc) is 2.37. The molecule has 0 saturated heterocycles. The Labute approximate surface area is 117 Å². The first kappa shape index (κ1) is 13.3. The third kappa shape index (κ3) is 3.42. The fourth-order valence-corrected chi connectivity index (χ4v) is 2.36. The van der Waals surface area contributed by atoms with Gasteiger partial charge in [0, 0.05) is 18.6 Å². The zero-order valence-electron chi connectivity index (χ0n) is 10.8. The van der Waals surface area contributed by atoms with E-state index in [4.69, 9.17) is 4.74 Å². The molecule has 1 atom stereocenters. The van der Waals surface area contributed by atoms with Crippen LogP contribution in [0.2, 0.25) is 0 Å². The smallest absolute Gasteiger partial charge is 0.115 e. The van der Waals surface area contributed by atoms with Crippen LogP contribution in [0, 0.1) is 0 Å². The van der Waals surface area contributed by atoms with E-state index >= 15 is 0 Å². The lowest BCUT2D eigenvalue weighted by molar-refractivity contribution is 0.135. The summed E-state index contributed by atoms with van der Waals surface area (Å²) in [7, 11) is 4.10. The minimum absolute atomic E-state index is 0.268. The number of hydrogen-bond acceptors (Lipinski definition) is 3. The molecule has 1 heterocycles. The van der Waals surface area contributed by atoms with Crippen LogP contribution in [-0.4, -0.2) is 26.7 Å². The molecule has 4 heteroatoms. The lowest BCUT2D eigenvalue weighted by Crippen LogP contribution is -2.24. The molecule has 0 saturated carbocycles. The Hall–Kier alpha value is -1.16. The van der Waals surface area contributed by atoms with Gasteiger partial charge in [-0.3, -0.25) is 0 Å². The molecule has 98 valence electrons. The number of nitrogens with zero attached hydrogens (tertiary/aromatic N) is 1. The van der Waals surface area contributed by atoms with Crippen molar-refractivity contribution in [2.24, 2.45) is 0 Å². The second kappa shape index (κ2) is 6.14. The van der Waals surface area contributed by atoms with Crippen molar-refractivity contribution < 1.29 is 4.74 Å². The Balaban J connectivity index is 2.03. The molecule has 0 aliphatic carbocycles. The molecule has 1 N–H and O–H groups in total. The van der Waals surface area contributed by atoms with E-state index in [-0.39, 0.29) is 6.10 Å². The van der Waals surface area contributed by atoms with Crippen LogP contribution in [0.5, 0.6) is 0 Å². The monoisotopic (exact) mass is 310 g/mol.